The molecule has 2 aliphatic rings. The second kappa shape index (κ2) is 12.9. The first-order chi connectivity index (χ1) is 22.0. The molecule has 238 valence electrons. The van der Waals surface area contributed by atoms with Crippen LogP contribution < -0.4 is 20.3 Å². The fraction of sp³-hybridized carbons (Fsp3) is 0.281. The van der Waals surface area contributed by atoms with Crippen LogP contribution in [0.15, 0.2) is 77.8 Å². The van der Waals surface area contributed by atoms with Crippen LogP contribution in [0.3, 0.4) is 0 Å². The summed E-state index contributed by atoms with van der Waals surface area (Å²) in [4.78, 5) is 36.0. The number of alkyl halides is 3. The molecule has 1 saturated heterocycles. The second-order valence-corrected chi connectivity index (χ2v) is 12.1. The van der Waals surface area contributed by atoms with Crippen LogP contribution >= 0.6 is 11.8 Å². The Kier molecular flexibility index (Phi) is 8.71. The highest BCUT2D eigenvalue weighted by atomic mass is 32.2. The molecule has 10 nitrogen and oxygen atoms in total. The maximum Gasteiger partial charge on any atom is 0.573 e. The number of thioether (sulfide) groups is 1. The van der Waals surface area contributed by atoms with Gasteiger partial charge >= 0.3 is 12.4 Å². The number of anilines is 3. The summed E-state index contributed by atoms with van der Waals surface area (Å²) in [5.41, 5.74) is 3.34. The third kappa shape index (κ3) is 7.01. The van der Waals surface area contributed by atoms with Gasteiger partial charge in [-0.05, 0) is 85.3 Å². The molecule has 1 saturated carbocycles. The molecule has 3 aromatic carbocycles. The summed E-state index contributed by atoms with van der Waals surface area (Å²) >= 11 is 1.21. The number of hydrogen-bond acceptors (Lipinski definition) is 7. The van der Waals surface area contributed by atoms with Crippen molar-refractivity contribution in [2.75, 3.05) is 21.3 Å². The van der Waals surface area contributed by atoms with Crippen LogP contribution in [0.2, 0.25) is 0 Å². The summed E-state index contributed by atoms with van der Waals surface area (Å²) in [5, 5.41) is 11.0. The van der Waals surface area contributed by atoms with Crippen LogP contribution in [-0.4, -0.2) is 50.0 Å². The molecule has 1 aliphatic carbocycles. The zero-order valence-corrected chi connectivity index (χ0v) is 25.7. The van der Waals surface area contributed by atoms with Gasteiger partial charge in [0.2, 0.25) is 11.9 Å². The predicted molar refractivity (Wildman–Crippen MR) is 172 cm³/mol. The van der Waals surface area contributed by atoms with E-state index < -0.39 is 12.4 Å². The van der Waals surface area contributed by atoms with E-state index in [-0.39, 0.29) is 29.4 Å². The molecule has 4 aromatic rings. The van der Waals surface area contributed by atoms with Gasteiger partial charge in [-0.2, -0.15) is 14.7 Å². The normalized spacial score (nSPS) is 16.2. The van der Waals surface area contributed by atoms with Gasteiger partial charge < -0.3 is 15.4 Å². The van der Waals surface area contributed by atoms with Crippen LogP contribution in [0.5, 0.6) is 5.75 Å². The van der Waals surface area contributed by atoms with Crippen LogP contribution in [-0.2, 0) is 4.79 Å². The smallest absolute Gasteiger partial charge is 0.406 e. The number of ether oxygens (including phenoxy) is 1. The van der Waals surface area contributed by atoms with E-state index in [1.54, 1.807) is 28.9 Å². The van der Waals surface area contributed by atoms with Gasteiger partial charge in [0.05, 0.1) is 17.1 Å². The summed E-state index contributed by atoms with van der Waals surface area (Å²) in [5.74, 6) is 0.737. The van der Waals surface area contributed by atoms with Crippen molar-refractivity contribution < 1.29 is 27.5 Å². The number of carbonyl (C=O) groups excluding carboxylic acids is 2. The average molecular weight is 650 g/mol. The first-order valence-corrected chi connectivity index (χ1v) is 15.7. The molecule has 1 aliphatic heterocycles. The highest BCUT2D eigenvalue weighted by Gasteiger charge is 2.33. The van der Waals surface area contributed by atoms with Crippen molar-refractivity contribution >= 4 is 46.2 Å². The van der Waals surface area contributed by atoms with E-state index in [0.29, 0.717) is 39.6 Å². The van der Waals surface area contributed by atoms with Crippen molar-refractivity contribution in [2.24, 2.45) is 4.99 Å². The highest BCUT2D eigenvalue weighted by Crippen LogP contribution is 2.34. The Hall–Kier alpha value is -4.85. The molecule has 46 heavy (non-hydrogen) atoms. The van der Waals surface area contributed by atoms with Crippen molar-refractivity contribution in [3.63, 3.8) is 0 Å². The Labute approximate surface area is 267 Å². The fourth-order valence-corrected chi connectivity index (χ4v) is 5.89. The number of amidine groups is 1. The monoisotopic (exact) mass is 649 g/mol. The molecule has 0 radical (unpaired) electrons. The van der Waals surface area contributed by atoms with Gasteiger partial charge in [0.1, 0.15) is 5.75 Å². The fourth-order valence-electron chi connectivity index (χ4n) is 5.03. The standard InChI is InChI=1S/C32H30F3N7O3S/c1-19(2)25-8-3-4-9-26(25)41-27(43)18-46-31(41)39-30(44)37-22-12-10-20(11-13-22)28-38-29(36-21-6-5-7-21)42(40-28)23-14-16-24(17-15-23)45-32(33,34)35/h3-4,8-17,19,21H,5-7,18H2,1-2H3,(H,37,44)(H,36,38,40). The second-order valence-electron chi connectivity index (χ2n) is 11.1. The molecule has 2 fully saturated rings. The topological polar surface area (TPSA) is 114 Å². The predicted octanol–water partition coefficient (Wildman–Crippen LogP) is 7.59. The Balaban J connectivity index is 1.19. The Morgan fingerprint density at radius 2 is 1.76 bits per heavy atom. The first kappa shape index (κ1) is 31.1. The largest absolute Gasteiger partial charge is 0.573 e. The first-order valence-electron chi connectivity index (χ1n) is 14.7. The number of hydrogen-bond donors (Lipinski definition) is 2. The van der Waals surface area contributed by atoms with E-state index in [4.69, 9.17) is 0 Å². The number of rotatable bonds is 8. The summed E-state index contributed by atoms with van der Waals surface area (Å²) in [7, 11) is 0. The van der Waals surface area contributed by atoms with Crippen molar-refractivity contribution in [3.05, 3.63) is 78.4 Å². The van der Waals surface area contributed by atoms with Gasteiger partial charge in [-0.1, -0.05) is 43.8 Å². The maximum atomic E-state index is 12.9. The molecule has 6 rings (SSSR count). The van der Waals surface area contributed by atoms with Gasteiger partial charge in [0.15, 0.2) is 11.0 Å². The molecule has 0 spiro atoms. The van der Waals surface area contributed by atoms with Gasteiger partial charge in [-0.25, -0.2) is 4.79 Å². The van der Waals surface area contributed by atoms with Crippen LogP contribution in [0.25, 0.3) is 17.1 Å². The third-order valence-electron chi connectivity index (χ3n) is 7.52. The molecule has 2 N–H and O–H groups in total. The van der Waals surface area contributed by atoms with Crippen molar-refractivity contribution in [3.8, 4) is 22.8 Å². The zero-order chi connectivity index (χ0) is 32.4. The molecule has 0 unspecified atom stereocenters. The lowest BCUT2D eigenvalue weighted by atomic mass is 9.93. The molecular formula is C32H30F3N7O3S. The summed E-state index contributed by atoms with van der Waals surface area (Å²) < 4.78 is 43.4. The lowest BCUT2D eigenvalue weighted by molar-refractivity contribution is -0.274. The minimum absolute atomic E-state index is 0.141. The molecule has 14 heteroatoms. The van der Waals surface area contributed by atoms with Gasteiger partial charge in [0, 0.05) is 17.3 Å². The van der Waals surface area contributed by atoms with E-state index in [9.17, 15) is 22.8 Å². The van der Waals surface area contributed by atoms with Gasteiger partial charge in [-0.15, -0.1) is 18.3 Å². The Morgan fingerprint density at radius 3 is 2.41 bits per heavy atom. The zero-order valence-electron chi connectivity index (χ0n) is 24.9. The minimum atomic E-state index is -4.79. The number of halogens is 3. The van der Waals surface area contributed by atoms with Crippen molar-refractivity contribution in [1.82, 2.24) is 14.8 Å². The van der Waals surface area contributed by atoms with E-state index in [1.165, 1.54) is 40.9 Å². The molecule has 0 atom stereocenters. The average Bonchev–Trinajstić information content (AvgIpc) is 3.58. The lowest BCUT2D eigenvalue weighted by Crippen LogP contribution is -2.31. The number of para-hydroxylation sites is 1. The van der Waals surface area contributed by atoms with E-state index in [0.717, 1.165) is 24.8 Å². The van der Waals surface area contributed by atoms with Crippen molar-refractivity contribution in [2.45, 2.75) is 51.4 Å². The number of benzene rings is 3. The van der Waals surface area contributed by atoms with E-state index in [2.05, 4.69) is 30.4 Å². The maximum absolute atomic E-state index is 12.9. The Morgan fingerprint density at radius 1 is 1.04 bits per heavy atom. The van der Waals surface area contributed by atoms with Gasteiger partial charge in [0.25, 0.3) is 0 Å². The number of amides is 3. The van der Waals surface area contributed by atoms with E-state index >= 15 is 0 Å². The number of urea groups is 1. The van der Waals surface area contributed by atoms with Crippen LogP contribution in [0, 0.1) is 0 Å². The number of aromatic nitrogens is 3. The van der Waals surface area contributed by atoms with E-state index in [1.807, 2.05) is 38.1 Å². The Bertz CT molecular complexity index is 1770. The quantitative estimate of drug-likeness (QED) is 0.202. The summed E-state index contributed by atoms with van der Waals surface area (Å²) in [6.07, 6.45) is -1.73. The lowest BCUT2D eigenvalue weighted by Gasteiger charge is -2.26. The third-order valence-corrected chi connectivity index (χ3v) is 8.44. The molecule has 0 bridgehead atoms. The highest BCUT2D eigenvalue weighted by molar-refractivity contribution is 8.15. The molecule has 1 aromatic heterocycles. The van der Waals surface area contributed by atoms with Gasteiger partial charge in [-0.3, -0.25) is 9.69 Å². The number of carbonyl (C=O) groups is 2. The minimum Gasteiger partial charge on any atom is -0.406 e. The summed E-state index contributed by atoms with van der Waals surface area (Å²) in [6.45, 7) is 4.08. The molecular weight excluding hydrogens is 619 g/mol. The van der Waals surface area contributed by atoms with Crippen LogP contribution in [0.4, 0.5) is 35.3 Å². The number of nitrogens with zero attached hydrogens (tertiary/aromatic N) is 5. The molecule has 2 heterocycles. The number of aliphatic imine (C=N–C) groups is 1. The van der Waals surface area contributed by atoms with Crippen LogP contribution in [0.1, 0.15) is 44.6 Å². The molecule has 3 amide bonds. The number of nitrogens with one attached hydrogen (secondary N) is 2. The SMILES string of the molecule is CC(C)c1ccccc1N1C(=O)CSC1=NC(=O)Nc1ccc(-c2nc(NC3CCC3)n(-c3ccc(OC(F)(F)F)cc3)n2)cc1. The summed E-state index contributed by atoms with van der Waals surface area (Å²) in [6, 6.07) is 19.5. The van der Waals surface area contributed by atoms with Crippen molar-refractivity contribution in [1.29, 1.82) is 0 Å².